The summed E-state index contributed by atoms with van der Waals surface area (Å²) in [5, 5.41) is 3.05. The van der Waals surface area contributed by atoms with E-state index in [-0.39, 0.29) is 11.9 Å². The molecule has 0 spiro atoms. The zero-order valence-electron chi connectivity index (χ0n) is 10.8. The van der Waals surface area contributed by atoms with E-state index in [4.69, 9.17) is 10.2 Å². The summed E-state index contributed by atoms with van der Waals surface area (Å²) in [6, 6.07) is 2.03. The Hall–Kier alpha value is -1.33. The van der Waals surface area contributed by atoms with Gasteiger partial charge in [-0.1, -0.05) is 0 Å². The van der Waals surface area contributed by atoms with Crippen molar-refractivity contribution >= 4 is 5.91 Å². The lowest BCUT2D eigenvalue weighted by molar-refractivity contribution is 0.0911. The molecule has 1 amide bonds. The molecule has 0 aromatic carbocycles. The highest BCUT2D eigenvalue weighted by atomic mass is 16.3. The highest BCUT2D eigenvalue weighted by Crippen LogP contribution is 2.12. The Morgan fingerprint density at radius 3 is 2.83 bits per heavy atom. The third kappa shape index (κ3) is 3.34. The van der Waals surface area contributed by atoms with Crippen LogP contribution in [0.15, 0.2) is 16.7 Å². The molecule has 0 bridgehead atoms. The van der Waals surface area contributed by atoms with Gasteiger partial charge in [0.15, 0.2) is 0 Å². The first-order chi connectivity index (χ1) is 8.69. The van der Waals surface area contributed by atoms with Crippen LogP contribution >= 0.6 is 0 Å². The van der Waals surface area contributed by atoms with Gasteiger partial charge < -0.3 is 20.4 Å². The fourth-order valence-electron chi connectivity index (χ4n) is 2.31. The minimum atomic E-state index is -0.0378. The molecule has 5 nitrogen and oxygen atoms in total. The van der Waals surface area contributed by atoms with Gasteiger partial charge in [-0.3, -0.25) is 4.79 Å². The molecule has 3 N–H and O–H groups in total. The molecule has 1 aromatic rings. The largest absolute Gasteiger partial charge is 0.469 e. The molecule has 1 aliphatic rings. The number of rotatable bonds is 4. The normalized spacial score (nSPS) is 17.9. The number of aryl methyl sites for hydroxylation is 1. The van der Waals surface area contributed by atoms with Crippen LogP contribution in [-0.4, -0.2) is 43.0 Å². The number of carbonyl (C=O) groups excluding carboxylic acids is 1. The second kappa shape index (κ2) is 6.02. The zero-order valence-corrected chi connectivity index (χ0v) is 10.8. The van der Waals surface area contributed by atoms with E-state index in [0.717, 1.165) is 38.2 Å². The van der Waals surface area contributed by atoms with Crippen LogP contribution in [0.3, 0.4) is 0 Å². The first-order valence-corrected chi connectivity index (χ1v) is 6.47. The summed E-state index contributed by atoms with van der Waals surface area (Å²) in [5.41, 5.74) is 6.14. The van der Waals surface area contributed by atoms with Crippen molar-refractivity contribution in [2.75, 3.05) is 26.2 Å². The number of nitrogens with one attached hydrogen (secondary N) is 1. The number of piperidine rings is 1. The molecule has 1 aliphatic heterocycles. The number of furan rings is 1. The fourth-order valence-corrected chi connectivity index (χ4v) is 2.31. The first-order valence-electron chi connectivity index (χ1n) is 6.47. The molecule has 1 saturated heterocycles. The van der Waals surface area contributed by atoms with E-state index in [9.17, 15) is 4.79 Å². The summed E-state index contributed by atoms with van der Waals surface area (Å²) in [5.74, 6) is 0.724. The molecule has 1 aromatic heterocycles. The van der Waals surface area contributed by atoms with Gasteiger partial charge >= 0.3 is 0 Å². The van der Waals surface area contributed by atoms with E-state index < -0.39 is 0 Å². The molecule has 2 rings (SSSR count). The van der Waals surface area contributed by atoms with E-state index in [1.165, 1.54) is 6.26 Å². The molecule has 100 valence electrons. The summed E-state index contributed by atoms with van der Waals surface area (Å²) in [7, 11) is 0. The van der Waals surface area contributed by atoms with Gasteiger partial charge in [-0.05, 0) is 25.8 Å². The van der Waals surface area contributed by atoms with Crippen LogP contribution in [0.25, 0.3) is 0 Å². The van der Waals surface area contributed by atoms with Crippen molar-refractivity contribution in [3.05, 3.63) is 23.7 Å². The molecule has 0 unspecified atom stereocenters. The topological polar surface area (TPSA) is 71.5 Å². The van der Waals surface area contributed by atoms with E-state index in [2.05, 4.69) is 10.2 Å². The number of carbonyl (C=O) groups is 1. The number of hydrogen-bond donors (Lipinski definition) is 2. The number of hydrogen-bond acceptors (Lipinski definition) is 4. The van der Waals surface area contributed by atoms with Crippen LogP contribution < -0.4 is 11.1 Å². The van der Waals surface area contributed by atoms with E-state index in [1.807, 2.05) is 6.92 Å². The van der Waals surface area contributed by atoms with Crippen LogP contribution in [0.1, 0.15) is 29.0 Å². The molecule has 0 radical (unpaired) electrons. The lowest BCUT2D eigenvalue weighted by atomic mass is 10.0. The average molecular weight is 251 g/mol. The Labute approximate surface area is 107 Å². The average Bonchev–Trinajstić information content (AvgIpc) is 2.79. The summed E-state index contributed by atoms with van der Waals surface area (Å²) in [6.45, 7) is 5.49. The minimum absolute atomic E-state index is 0.0378. The predicted molar refractivity (Wildman–Crippen MR) is 69.4 cm³/mol. The quantitative estimate of drug-likeness (QED) is 0.828. The standard InChI is InChI=1S/C13H21N3O2/c1-10-8-11(9-18-10)13(17)15-12-2-5-16(6-3-12)7-4-14/h8-9,12H,2-7,14H2,1H3,(H,15,17). The Morgan fingerprint density at radius 1 is 1.56 bits per heavy atom. The van der Waals surface area contributed by atoms with Gasteiger partial charge in [-0.25, -0.2) is 0 Å². The van der Waals surface area contributed by atoms with Crippen molar-refractivity contribution in [2.45, 2.75) is 25.8 Å². The second-order valence-electron chi connectivity index (χ2n) is 4.82. The first kappa shape index (κ1) is 13.1. The number of nitrogens with zero attached hydrogens (tertiary/aromatic N) is 1. The molecule has 5 heteroatoms. The minimum Gasteiger partial charge on any atom is -0.469 e. The Bertz CT molecular complexity index is 395. The number of amides is 1. The molecule has 0 atom stereocenters. The molecule has 2 heterocycles. The van der Waals surface area contributed by atoms with Gasteiger partial charge in [0.1, 0.15) is 12.0 Å². The van der Waals surface area contributed by atoms with Crippen molar-refractivity contribution in [3.8, 4) is 0 Å². The molecule has 1 fully saturated rings. The van der Waals surface area contributed by atoms with Gasteiger partial charge in [-0.2, -0.15) is 0 Å². The Balaban J connectivity index is 1.79. The van der Waals surface area contributed by atoms with Gasteiger partial charge in [0.2, 0.25) is 0 Å². The maximum absolute atomic E-state index is 11.9. The van der Waals surface area contributed by atoms with Gasteiger partial charge in [-0.15, -0.1) is 0 Å². The number of likely N-dealkylation sites (tertiary alicyclic amines) is 1. The molecule has 0 saturated carbocycles. The van der Waals surface area contributed by atoms with Crippen molar-refractivity contribution < 1.29 is 9.21 Å². The SMILES string of the molecule is Cc1cc(C(=O)NC2CCN(CCN)CC2)co1. The van der Waals surface area contributed by atoms with Crippen molar-refractivity contribution in [2.24, 2.45) is 5.73 Å². The number of nitrogens with two attached hydrogens (primary N) is 1. The monoisotopic (exact) mass is 251 g/mol. The highest BCUT2D eigenvalue weighted by molar-refractivity contribution is 5.94. The van der Waals surface area contributed by atoms with E-state index in [1.54, 1.807) is 6.07 Å². The van der Waals surface area contributed by atoms with Crippen LogP contribution in [0.4, 0.5) is 0 Å². The van der Waals surface area contributed by atoms with Gasteiger partial charge in [0.05, 0.1) is 5.56 Å². The van der Waals surface area contributed by atoms with Crippen LogP contribution in [0.2, 0.25) is 0 Å². The van der Waals surface area contributed by atoms with Gasteiger partial charge in [0.25, 0.3) is 5.91 Å². The van der Waals surface area contributed by atoms with Crippen LogP contribution in [0.5, 0.6) is 0 Å². The summed E-state index contributed by atoms with van der Waals surface area (Å²) in [6.07, 6.45) is 3.49. The third-order valence-electron chi connectivity index (χ3n) is 3.36. The van der Waals surface area contributed by atoms with Crippen molar-refractivity contribution in [3.63, 3.8) is 0 Å². The molecule has 18 heavy (non-hydrogen) atoms. The molecular weight excluding hydrogens is 230 g/mol. The second-order valence-corrected chi connectivity index (χ2v) is 4.82. The summed E-state index contributed by atoms with van der Waals surface area (Å²) in [4.78, 5) is 14.3. The molecular formula is C13H21N3O2. The van der Waals surface area contributed by atoms with Gasteiger partial charge in [0, 0.05) is 32.2 Å². The summed E-state index contributed by atoms with van der Waals surface area (Å²) < 4.78 is 5.14. The lowest BCUT2D eigenvalue weighted by Gasteiger charge is -2.31. The van der Waals surface area contributed by atoms with Crippen molar-refractivity contribution in [1.82, 2.24) is 10.2 Å². The Kier molecular flexibility index (Phi) is 4.38. The summed E-state index contributed by atoms with van der Waals surface area (Å²) >= 11 is 0. The Morgan fingerprint density at radius 2 is 2.28 bits per heavy atom. The van der Waals surface area contributed by atoms with E-state index >= 15 is 0 Å². The fraction of sp³-hybridized carbons (Fsp3) is 0.615. The maximum atomic E-state index is 11.9. The maximum Gasteiger partial charge on any atom is 0.254 e. The zero-order chi connectivity index (χ0) is 13.0. The molecule has 0 aliphatic carbocycles. The predicted octanol–water partition coefficient (Wildman–Crippen LogP) is 0.741. The smallest absolute Gasteiger partial charge is 0.254 e. The highest BCUT2D eigenvalue weighted by Gasteiger charge is 2.21. The van der Waals surface area contributed by atoms with Crippen LogP contribution in [0, 0.1) is 6.92 Å². The van der Waals surface area contributed by atoms with E-state index in [0.29, 0.717) is 12.1 Å². The van der Waals surface area contributed by atoms with Crippen LogP contribution in [-0.2, 0) is 0 Å². The van der Waals surface area contributed by atoms with Crippen molar-refractivity contribution in [1.29, 1.82) is 0 Å². The lowest BCUT2D eigenvalue weighted by Crippen LogP contribution is -2.45. The third-order valence-corrected chi connectivity index (χ3v) is 3.36.